The second kappa shape index (κ2) is 52.7. The van der Waals surface area contributed by atoms with Gasteiger partial charge in [-0.3, -0.25) is 0 Å². The average Bonchev–Trinajstić information content (AvgIpc) is 2.78. The van der Waals surface area contributed by atoms with Crippen LogP contribution in [0, 0.1) is 39.9 Å². The molecule has 0 atom stereocenters. The SMILES string of the molecule is CC(C)N([P-]C(=O)[P-]N(C(C)C)C(C)C)C(C)C.[C-]#[O+].[C-]#[O+].[C-]#[O+].[C-]#[O+].[C-]#[O+].[C-]#[O+].[Fe].[Fe]. The van der Waals surface area contributed by atoms with Gasteiger partial charge in [-0.1, -0.05) is 55.4 Å². The van der Waals surface area contributed by atoms with E-state index in [9.17, 15) is 4.79 Å². The number of carbonyl (C=O) groups is 1. The van der Waals surface area contributed by atoms with E-state index in [2.05, 4.69) is 105 Å². The van der Waals surface area contributed by atoms with Crippen molar-refractivity contribution in [1.82, 2.24) is 9.34 Å². The molecule has 0 bridgehead atoms. The van der Waals surface area contributed by atoms with Gasteiger partial charge in [0, 0.05) is 34.1 Å². The van der Waals surface area contributed by atoms with Gasteiger partial charge in [-0.15, -0.1) is 5.27 Å². The first kappa shape index (κ1) is 58.1. The third-order valence-corrected chi connectivity index (χ3v) is 5.71. The summed E-state index contributed by atoms with van der Waals surface area (Å²) in [5.41, 5.74) is 0. The molecular formula is C19H28Fe2N2O7P2-2. The van der Waals surface area contributed by atoms with Crippen LogP contribution < -0.4 is 0 Å². The Morgan fingerprint density at radius 3 is 0.719 bits per heavy atom. The van der Waals surface area contributed by atoms with Gasteiger partial charge in [0.05, 0.1) is 0 Å². The number of carbonyl (C=O) groups excluding carboxylic acids is 1. The zero-order valence-corrected chi connectivity index (χ0v) is 23.2. The van der Waals surface area contributed by atoms with Crippen molar-refractivity contribution in [2.75, 3.05) is 0 Å². The quantitative estimate of drug-likeness (QED) is 0.178. The van der Waals surface area contributed by atoms with E-state index in [1.807, 2.05) is 0 Å². The minimum atomic E-state index is 0. The minimum Gasteiger partial charge on any atom is 0 e. The molecule has 0 aromatic heterocycles. The van der Waals surface area contributed by atoms with Crippen LogP contribution in [-0.4, -0.2) is 38.8 Å². The monoisotopic (exact) mass is 570 g/mol. The summed E-state index contributed by atoms with van der Waals surface area (Å²) in [6.07, 6.45) is 0. The predicted octanol–water partition coefficient (Wildman–Crippen LogP) is 4.84. The number of rotatable bonds is 8. The maximum Gasteiger partial charge on any atom is 0 e. The average molecular weight is 570 g/mol. The Balaban J connectivity index is -0.0000000465. The third-order valence-electron chi connectivity index (χ3n) is 2.52. The zero-order chi connectivity index (χ0) is 26.5. The van der Waals surface area contributed by atoms with Crippen LogP contribution in [-0.2, 0) is 62.1 Å². The normalized spacial score (nSPS) is 8.31. The predicted molar refractivity (Wildman–Crippen MR) is 107 cm³/mol. The van der Waals surface area contributed by atoms with E-state index in [0.29, 0.717) is 24.2 Å². The second-order valence-corrected chi connectivity index (χ2v) is 8.11. The van der Waals surface area contributed by atoms with Gasteiger partial charge in [-0.2, -0.15) is 0 Å². The summed E-state index contributed by atoms with van der Waals surface area (Å²) in [6, 6.07) is 1.60. The Labute approximate surface area is 217 Å². The molecule has 0 aliphatic carbocycles. The van der Waals surface area contributed by atoms with Crippen LogP contribution in [0.5, 0.6) is 0 Å². The molecule has 0 aromatic rings. The molecule has 0 unspecified atom stereocenters. The van der Waals surface area contributed by atoms with Gasteiger partial charge < -0.3 is 31.6 Å². The fourth-order valence-electron chi connectivity index (χ4n) is 1.87. The Morgan fingerprint density at radius 1 is 0.500 bits per heavy atom. The number of hydrogen-bond acceptors (Lipinski definition) is 3. The Hall–Kier alpha value is -0.0710. The van der Waals surface area contributed by atoms with E-state index in [1.54, 1.807) is 0 Å². The first-order chi connectivity index (χ1) is 14.2. The van der Waals surface area contributed by atoms with Gasteiger partial charge >= 0.3 is 67.8 Å². The standard InChI is InChI=1S/C13H28N2OP2.6CO.2Fe/c1-9(2)14(10(3)4)17-13(16)18-15(11(5)6)12(7)8;6*1-2;;/h9-12H,1-8H3;;;;;;;;/q-2;;;;;;;;. The van der Waals surface area contributed by atoms with Gasteiger partial charge in [0.25, 0.3) is 0 Å². The van der Waals surface area contributed by atoms with Gasteiger partial charge in [-0.25, -0.2) is 0 Å². The van der Waals surface area contributed by atoms with Gasteiger partial charge in [0.15, 0.2) is 0 Å². The molecule has 0 radical (unpaired) electrons. The zero-order valence-electron chi connectivity index (χ0n) is 19.2. The van der Waals surface area contributed by atoms with Crippen molar-refractivity contribution in [3.8, 4) is 0 Å². The molecule has 0 saturated heterocycles. The maximum atomic E-state index is 12.2. The molecule has 9 nitrogen and oxygen atoms in total. The molecule has 0 heterocycles. The smallest absolute Gasteiger partial charge is 0 e. The van der Waals surface area contributed by atoms with Crippen LogP contribution in [0.4, 0.5) is 4.79 Å². The summed E-state index contributed by atoms with van der Waals surface area (Å²) in [5.74, 6) is 0. The fraction of sp³-hybridized carbons (Fsp3) is 0.632. The molecular weight excluding hydrogens is 542 g/mol. The summed E-state index contributed by atoms with van der Waals surface area (Å²) < 4.78 is 49.4. The van der Waals surface area contributed by atoms with Crippen molar-refractivity contribution in [2.45, 2.75) is 79.6 Å². The molecule has 32 heavy (non-hydrogen) atoms. The molecule has 0 N–H and O–H groups in total. The van der Waals surface area contributed by atoms with Crippen LogP contribution >= 0.6 is 17.5 Å². The molecule has 0 aromatic carbocycles. The van der Waals surface area contributed by atoms with E-state index in [-0.39, 0.29) is 39.4 Å². The van der Waals surface area contributed by atoms with Crippen LogP contribution in [0.25, 0.3) is 0 Å². The van der Waals surface area contributed by atoms with Crippen molar-refractivity contribution in [3.63, 3.8) is 0 Å². The van der Waals surface area contributed by atoms with Crippen molar-refractivity contribution in [3.05, 3.63) is 39.9 Å². The molecule has 0 rings (SSSR count). The van der Waals surface area contributed by atoms with Crippen molar-refractivity contribution < 1.29 is 66.8 Å². The molecule has 0 fully saturated rings. The van der Waals surface area contributed by atoms with Gasteiger partial charge in [0.1, 0.15) is 0 Å². The van der Waals surface area contributed by atoms with E-state index in [4.69, 9.17) is 27.9 Å². The van der Waals surface area contributed by atoms with E-state index < -0.39 is 0 Å². The van der Waals surface area contributed by atoms with Crippen molar-refractivity contribution in [1.29, 1.82) is 0 Å². The Morgan fingerprint density at radius 2 is 0.625 bits per heavy atom. The molecule has 0 aliphatic rings. The molecule has 184 valence electrons. The van der Waals surface area contributed by atoms with E-state index in [1.165, 1.54) is 0 Å². The largest absolute Gasteiger partial charge is 0 e. The summed E-state index contributed by atoms with van der Waals surface area (Å²) in [7, 11) is 1.64. The Bertz CT molecular complexity index is 407. The first-order valence-electron chi connectivity index (χ1n) is 7.93. The molecule has 0 spiro atoms. The van der Waals surface area contributed by atoms with Crippen molar-refractivity contribution >= 4 is 22.7 Å². The molecule has 0 amide bonds. The second-order valence-electron chi connectivity index (χ2n) is 5.62. The summed E-state index contributed by atoms with van der Waals surface area (Å²) in [5, 5.41) is 0.264. The first-order valence-corrected chi connectivity index (χ1v) is 9.62. The van der Waals surface area contributed by atoms with Gasteiger partial charge in [0.2, 0.25) is 0 Å². The van der Waals surface area contributed by atoms with E-state index in [0.717, 1.165) is 17.5 Å². The third kappa shape index (κ3) is 43.7. The minimum absolute atomic E-state index is 0. The van der Waals surface area contributed by atoms with Crippen molar-refractivity contribution in [2.24, 2.45) is 0 Å². The molecule has 0 saturated carbocycles. The van der Waals surface area contributed by atoms with Crippen LogP contribution in [0.3, 0.4) is 0 Å². The molecule has 13 heteroatoms. The molecule has 0 aliphatic heterocycles. The number of hydrogen-bond donors (Lipinski definition) is 0. The number of nitrogens with zero attached hydrogens (tertiary/aromatic N) is 2. The summed E-state index contributed by atoms with van der Waals surface area (Å²) >= 11 is 0. The van der Waals surface area contributed by atoms with Crippen LogP contribution in [0.2, 0.25) is 0 Å². The van der Waals surface area contributed by atoms with Crippen LogP contribution in [0.15, 0.2) is 0 Å². The fourth-order valence-corrected chi connectivity index (χ4v) is 3.97. The summed E-state index contributed by atoms with van der Waals surface area (Å²) in [4.78, 5) is 12.2. The Kier molecular flexibility index (Phi) is 95.7. The maximum absolute atomic E-state index is 12.2. The van der Waals surface area contributed by atoms with E-state index >= 15 is 0 Å². The summed E-state index contributed by atoms with van der Waals surface area (Å²) in [6.45, 7) is 44.1. The van der Waals surface area contributed by atoms with Crippen LogP contribution in [0.1, 0.15) is 55.4 Å². The topological polar surface area (TPSA) is 143 Å². The van der Waals surface area contributed by atoms with Gasteiger partial charge in [-0.05, 0) is 24.2 Å².